The topological polar surface area (TPSA) is 64.6 Å². The molecule has 0 spiro atoms. The summed E-state index contributed by atoms with van der Waals surface area (Å²) < 4.78 is 44.0. The van der Waals surface area contributed by atoms with Gasteiger partial charge in [-0.2, -0.15) is 0 Å². The molecule has 0 bridgehead atoms. The predicted octanol–water partition coefficient (Wildman–Crippen LogP) is 5.64. The zero-order chi connectivity index (χ0) is 26.7. The van der Waals surface area contributed by atoms with Crippen LogP contribution in [0.2, 0.25) is 18.1 Å². The fourth-order valence-corrected chi connectivity index (χ4v) is 5.26. The number of methoxy groups -OCH3 is 1. The molecule has 6 atom stereocenters. The molecule has 4 rings (SSSR count). The van der Waals surface area contributed by atoms with Crippen LogP contribution >= 0.6 is 0 Å². The highest BCUT2D eigenvalue weighted by atomic mass is 28.4. The van der Waals surface area contributed by atoms with Gasteiger partial charge in [0.15, 0.2) is 14.6 Å². The van der Waals surface area contributed by atoms with Crippen molar-refractivity contribution in [2.75, 3.05) is 13.7 Å². The van der Waals surface area contributed by atoms with Crippen LogP contribution in [0, 0.1) is 0 Å². The predicted molar refractivity (Wildman–Crippen MR) is 143 cm³/mol. The Morgan fingerprint density at radius 1 is 0.838 bits per heavy atom. The lowest BCUT2D eigenvalue weighted by Crippen LogP contribution is -2.60. The second-order valence-corrected chi connectivity index (χ2v) is 16.2. The SMILES string of the molecule is COC1(C)O[C@H]2O[C@H](CO[Si](C)(C)C(C)(C)C)[C@@H](OCc3ccccc3)[C@H](OCc3ccccc3)[C@H]2O1. The molecule has 1 unspecified atom stereocenters. The van der Waals surface area contributed by atoms with Gasteiger partial charge < -0.3 is 28.1 Å². The molecule has 0 amide bonds. The molecule has 2 aromatic rings. The van der Waals surface area contributed by atoms with E-state index >= 15 is 0 Å². The Labute approximate surface area is 222 Å². The molecular formula is C29H42O7Si. The number of rotatable bonds is 10. The minimum Gasteiger partial charge on any atom is -0.414 e. The lowest BCUT2D eigenvalue weighted by Gasteiger charge is -2.44. The van der Waals surface area contributed by atoms with E-state index in [1.54, 1.807) is 14.0 Å². The molecule has 7 nitrogen and oxygen atoms in total. The van der Waals surface area contributed by atoms with Crippen molar-refractivity contribution in [2.45, 2.75) is 95.7 Å². The van der Waals surface area contributed by atoms with E-state index in [4.69, 9.17) is 32.8 Å². The maximum absolute atomic E-state index is 6.60. The molecule has 204 valence electrons. The Morgan fingerprint density at radius 2 is 1.38 bits per heavy atom. The Morgan fingerprint density at radius 3 is 1.89 bits per heavy atom. The number of ether oxygens (including phenoxy) is 6. The molecule has 2 heterocycles. The summed E-state index contributed by atoms with van der Waals surface area (Å²) in [4.78, 5) is 0. The van der Waals surface area contributed by atoms with Gasteiger partial charge in [-0.1, -0.05) is 81.4 Å². The van der Waals surface area contributed by atoms with E-state index in [2.05, 4.69) is 33.9 Å². The molecule has 0 saturated carbocycles. The number of fused-ring (bicyclic) bond motifs is 1. The third-order valence-electron chi connectivity index (χ3n) is 7.63. The quantitative estimate of drug-likeness (QED) is 0.368. The van der Waals surface area contributed by atoms with Gasteiger partial charge in [0.1, 0.15) is 24.4 Å². The van der Waals surface area contributed by atoms with Gasteiger partial charge in [-0.25, -0.2) is 0 Å². The van der Waals surface area contributed by atoms with Gasteiger partial charge in [0.2, 0.25) is 0 Å². The molecular weight excluding hydrogens is 488 g/mol. The summed E-state index contributed by atoms with van der Waals surface area (Å²) in [6.07, 6.45) is -2.53. The van der Waals surface area contributed by atoms with Gasteiger partial charge >= 0.3 is 0 Å². The van der Waals surface area contributed by atoms with E-state index in [-0.39, 0.29) is 5.04 Å². The van der Waals surface area contributed by atoms with Crippen molar-refractivity contribution in [1.29, 1.82) is 0 Å². The maximum atomic E-state index is 6.60. The highest BCUT2D eigenvalue weighted by Gasteiger charge is 2.57. The van der Waals surface area contributed by atoms with Gasteiger partial charge in [-0.15, -0.1) is 0 Å². The van der Waals surface area contributed by atoms with Crippen molar-refractivity contribution in [3.8, 4) is 0 Å². The van der Waals surface area contributed by atoms with Crippen LogP contribution in [0.5, 0.6) is 0 Å². The molecule has 8 heteroatoms. The van der Waals surface area contributed by atoms with Gasteiger partial charge in [-0.3, -0.25) is 4.74 Å². The van der Waals surface area contributed by atoms with Crippen LogP contribution in [0.4, 0.5) is 0 Å². The van der Waals surface area contributed by atoms with Crippen molar-refractivity contribution in [2.24, 2.45) is 0 Å². The van der Waals surface area contributed by atoms with E-state index in [1.165, 1.54) is 0 Å². The van der Waals surface area contributed by atoms with Crippen LogP contribution in [0.3, 0.4) is 0 Å². The summed E-state index contributed by atoms with van der Waals surface area (Å²) in [6.45, 7) is 14.1. The first-order valence-corrected chi connectivity index (χ1v) is 15.9. The lowest BCUT2D eigenvalue weighted by atomic mass is 9.98. The molecule has 2 aromatic carbocycles. The molecule has 37 heavy (non-hydrogen) atoms. The summed E-state index contributed by atoms with van der Waals surface area (Å²) in [6, 6.07) is 20.2. The summed E-state index contributed by atoms with van der Waals surface area (Å²) in [5.41, 5.74) is 2.13. The zero-order valence-electron chi connectivity index (χ0n) is 23.1. The van der Waals surface area contributed by atoms with Crippen molar-refractivity contribution in [3.63, 3.8) is 0 Å². The van der Waals surface area contributed by atoms with Crippen LogP contribution in [0.1, 0.15) is 38.8 Å². The highest BCUT2D eigenvalue weighted by molar-refractivity contribution is 6.74. The fraction of sp³-hybridized carbons (Fsp3) is 0.586. The summed E-state index contributed by atoms with van der Waals surface area (Å²) >= 11 is 0. The molecule has 2 saturated heterocycles. The van der Waals surface area contributed by atoms with E-state index in [0.717, 1.165) is 11.1 Å². The molecule has 2 aliphatic rings. The normalized spacial score (nSPS) is 30.3. The molecule has 2 aliphatic heterocycles. The molecule has 0 N–H and O–H groups in total. The fourth-order valence-electron chi connectivity index (χ4n) is 4.25. The number of hydrogen-bond donors (Lipinski definition) is 0. The average Bonchev–Trinajstić information content (AvgIpc) is 3.22. The monoisotopic (exact) mass is 530 g/mol. The first-order valence-electron chi connectivity index (χ1n) is 13.0. The Bertz CT molecular complexity index is 981. The first kappa shape index (κ1) is 28.4. The Kier molecular flexibility index (Phi) is 8.92. The molecule has 2 fully saturated rings. The number of hydrogen-bond acceptors (Lipinski definition) is 7. The van der Waals surface area contributed by atoms with Crippen molar-refractivity contribution in [1.82, 2.24) is 0 Å². The van der Waals surface area contributed by atoms with Gasteiger partial charge in [0, 0.05) is 14.0 Å². The third kappa shape index (κ3) is 6.88. The minimum absolute atomic E-state index is 0.0649. The van der Waals surface area contributed by atoms with Crippen LogP contribution in [-0.2, 0) is 46.1 Å². The van der Waals surface area contributed by atoms with Crippen LogP contribution < -0.4 is 0 Å². The van der Waals surface area contributed by atoms with E-state index in [9.17, 15) is 0 Å². The van der Waals surface area contributed by atoms with E-state index in [0.29, 0.717) is 19.8 Å². The third-order valence-corrected chi connectivity index (χ3v) is 12.1. The zero-order valence-corrected chi connectivity index (χ0v) is 24.1. The minimum atomic E-state index is -2.04. The molecule has 0 radical (unpaired) electrons. The lowest BCUT2D eigenvalue weighted by molar-refractivity contribution is -0.334. The van der Waals surface area contributed by atoms with Crippen LogP contribution in [0.15, 0.2) is 60.7 Å². The van der Waals surface area contributed by atoms with Crippen LogP contribution in [-0.4, -0.2) is 58.7 Å². The molecule has 0 aromatic heterocycles. The van der Waals surface area contributed by atoms with Crippen LogP contribution in [0.25, 0.3) is 0 Å². The first-order chi connectivity index (χ1) is 17.5. The van der Waals surface area contributed by atoms with E-state index in [1.807, 2.05) is 60.7 Å². The maximum Gasteiger partial charge on any atom is 0.282 e. The van der Waals surface area contributed by atoms with Gasteiger partial charge in [-0.05, 0) is 29.3 Å². The van der Waals surface area contributed by atoms with Crippen molar-refractivity contribution in [3.05, 3.63) is 71.8 Å². The Hall–Kier alpha value is -1.62. The van der Waals surface area contributed by atoms with Crippen molar-refractivity contribution >= 4 is 8.32 Å². The summed E-state index contributed by atoms with van der Waals surface area (Å²) in [5, 5.41) is 0.0649. The smallest absolute Gasteiger partial charge is 0.282 e. The van der Waals surface area contributed by atoms with E-state index < -0.39 is 45.0 Å². The van der Waals surface area contributed by atoms with Crippen molar-refractivity contribution < 1.29 is 32.8 Å². The average molecular weight is 531 g/mol. The second-order valence-electron chi connectivity index (χ2n) is 11.4. The standard InChI is InChI=1S/C29H42O7Si/c1-28(2,3)37(6,7)33-20-23-24(31-18-21-14-10-8-11-15-21)25(32-19-22-16-12-9-13-17-22)26-27(34-23)36-29(4,30-5)35-26/h8-17,23-27H,18-20H2,1-7H3/t23-,24-,25+,26-,27-,29?/m1/s1. The highest BCUT2D eigenvalue weighted by Crippen LogP contribution is 2.41. The summed E-state index contributed by atoms with van der Waals surface area (Å²) in [5.74, 6) is -1.23. The molecule has 0 aliphatic carbocycles. The second kappa shape index (κ2) is 11.6. The largest absolute Gasteiger partial charge is 0.414 e. The Balaban J connectivity index is 1.60. The van der Waals surface area contributed by atoms with Gasteiger partial charge in [0.25, 0.3) is 5.97 Å². The van der Waals surface area contributed by atoms with Gasteiger partial charge in [0.05, 0.1) is 19.8 Å². The summed E-state index contributed by atoms with van der Waals surface area (Å²) in [7, 11) is -0.486. The number of benzene rings is 2.